The van der Waals surface area contributed by atoms with Crippen LogP contribution in [0.2, 0.25) is 0 Å². The van der Waals surface area contributed by atoms with Crippen molar-refractivity contribution in [3.05, 3.63) is 22.3 Å². The number of esters is 2. The van der Waals surface area contributed by atoms with Crippen LogP contribution in [0.1, 0.15) is 52.4 Å². The first-order chi connectivity index (χ1) is 11.2. The number of fused-ring (bicyclic) bond motifs is 4. The summed E-state index contributed by atoms with van der Waals surface area (Å²) in [5.41, 5.74) is 3.14. The second-order valence-electron chi connectivity index (χ2n) is 6.13. The van der Waals surface area contributed by atoms with Crippen molar-refractivity contribution in [1.82, 2.24) is 0 Å². The van der Waals surface area contributed by atoms with Crippen LogP contribution in [0.5, 0.6) is 0 Å². The smallest absolute Gasteiger partial charge is 0.337 e. The van der Waals surface area contributed by atoms with E-state index in [-0.39, 0.29) is 13.2 Å². The molecule has 23 heavy (non-hydrogen) atoms. The van der Waals surface area contributed by atoms with E-state index in [4.69, 9.17) is 14.2 Å². The summed E-state index contributed by atoms with van der Waals surface area (Å²) >= 11 is 0. The highest BCUT2D eigenvalue weighted by molar-refractivity contribution is 6.04. The van der Waals surface area contributed by atoms with Gasteiger partial charge in [0.25, 0.3) is 0 Å². The van der Waals surface area contributed by atoms with E-state index < -0.39 is 24.1 Å². The minimum Gasteiger partial charge on any atom is -0.463 e. The molecule has 0 aromatic carbocycles. The fourth-order valence-electron chi connectivity index (χ4n) is 3.82. The number of ether oxygens (including phenoxy) is 3. The van der Waals surface area contributed by atoms with Crippen LogP contribution in [0.15, 0.2) is 22.3 Å². The molecule has 5 nitrogen and oxygen atoms in total. The van der Waals surface area contributed by atoms with Crippen molar-refractivity contribution in [3.8, 4) is 0 Å². The second kappa shape index (κ2) is 6.87. The molecule has 1 aliphatic carbocycles. The van der Waals surface area contributed by atoms with Crippen molar-refractivity contribution < 1.29 is 23.8 Å². The molecule has 126 valence electrons. The van der Waals surface area contributed by atoms with Gasteiger partial charge in [0.1, 0.15) is 12.2 Å². The first-order valence-corrected chi connectivity index (χ1v) is 8.64. The van der Waals surface area contributed by atoms with Crippen molar-refractivity contribution in [3.63, 3.8) is 0 Å². The summed E-state index contributed by atoms with van der Waals surface area (Å²) in [7, 11) is 0. The summed E-state index contributed by atoms with van der Waals surface area (Å²) < 4.78 is 16.4. The highest BCUT2D eigenvalue weighted by atomic mass is 16.6. The molecule has 0 N–H and O–H groups in total. The third-order valence-corrected chi connectivity index (χ3v) is 4.77. The molecule has 0 aromatic rings. The van der Waals surface area contributed by atoms with Crippen LogP contribution >= 0.6 is 0 Å². The van der Waals surface area contributed by atoms with E-state index in [9.17, 15) is 9.59 Å². The van der Waals surface area contributed by atoms with Gasteiger partial charge in [0, 0.05) is 0 Å². The predicted octanol–water partition coefficient (Wildman–Crippen LogP) is 2.84. The van der Waals surface area contributed by atoms with Gasteiger partial charge in [0.2, 0.25) is 0 Å². The molecule has 0 saturated heterocycles. The summed E-state index contributed by atoms with van der Waals surface area (Å²) in [6, 6.07) is 0. The average molecular weight is 320 g/mol. The maximum Gasteiger partial charge on any atom is 0.337 e. The largest absolute Gasteiger partial charge is 0.463 e. The molecule has 2 atom stereocenters. The number of rotatable bonds is 4. The number of hydrogen-bond acceptors (Lipinski definition) is 5. The fourth-order valence-corrected chi connectivity index (χ4v) is 3.82. The zero-order valence-electron chi connectivity index (χ0n) is 13.9. The maximum atomic E-state index is 12.4. The normalized spacial score (nSPS) is 26.7. The molecule has 0 aromatic heterocycles. The van der Waals surface area contributed by atoms with Crippen LogP contribution in [-0.2, 0) is 23.8 Å². The van der Waals surface area contributed by atoms with Crippen LogP contribution in [-0.4, -0.2) is 37.4 Å². The van der Waals surface area contributed by atoms with E-state index in [0.717, 1.165) is 25.7 Å². The fraction of sp³-hybridized carbons (Fsp3) is 0.667. The Morgan fingerprint density at radius 1 is 0.870 bits per heavy atom. The topological polar surface area (TPSA) is 61.8 Å². The summed E-state index contributed by atoms with van der Waals surface area (Å²) in [5, 5.41) is 0. The quantitative estimate of drug-likeness (QED) is 0.589. The van der Waals surface area contributed by atoms with E-state index in [1.54, 1.807) is 13.8 Å². The minimum atomic E-state index is -0.448. The third-order valence-electron chi connectivity index (χ3n) is 4.77. The van der Waals surface area contributed by atoms with Crippen LogP contribution < -0.4 is 0 Å². The van der Waals surface area contributed by atoms with Gasteiger partial charge < -0.3 is 14.2 Å². The molecule has 3 rings (SSSR count). The van der Waals surface area contributed by atoms with E-state index in [1.165, 1.54) is 24.0 Å². The first-order valence-electron chi connectivity index (χ1n) is 8.64. The van der Waals surface area contributed by atoms with E-state index >= 15 is 0 Å². The van der Waals surface area contributed by atoms with Crippen LogP contribution in [0.4, 0.5) is 0 Å². The first kappa shape index (κ1) is 16.2. The average Bonchev–Trinajstić information content (AvgIpc) is 3.02. The zero-order chi connectivity index (χ0) is 16.4. The Balaban J connectivity index is 1.97. The summed E-state index contributed by atoms with van der Waals surface area (Å²) in [6.45, 7) is 4.08. The van der Waals surface area contributed by atoms with Crippen LogP contribution in [0, 0.1) is 0 Å². The minimum absolute atomic E-state index is 0.279. The lowest BCUT2D eigenvalue weighted by atomic mass is 9.80. The van der Waals surface area contributed by atoms with Gasteiger partial charge in [-0.1, -0.05) is 12.8 Å². The molecule has 3 aliphatic rings. The van der Waals surface area contributed by atoms with Gasteiger partial charge >= 0.3 is 11.9 Å². The molecule has 5 heteroatoms. The lowest BCUT2D eigenvalue weighted by Crippen LogP contribution is -2.27. The Morgan fingerprint density at radius 3 is 1.70 bits per heavy atom. The highest BCUT2D eigenvalue weighted by Gasteiger charge is 2.51. The van der Waals surface area contributed by atoms with Crippen LogP contribution in [0.3, 0.4) is 0 Å². The predicted molar refractivity (Wildman–Crippen MR) is 83.7 cm³/mol. The molecule has 0 saturated carbocycles. The standard InChI is InChI=1S/C18H24O5/c1-3-21-17(19)13-14(18(20)22-4-2)16-12-10-8-6-5-7-9-11(12)15(13)23-16/h15-16H,3-10H2,1-2H3/t15-,16+. The Labute approximate surface area is 136 Å². The number of carbonyl (C=O) groups excluding carboxylic acids is 2. The van der Waals surface area contributed by atoms with Gasteiger partial charge in [0.05, 0.1) is 24.4 Å². The Morgan fingerprint density at radius 2 is 1.30 bits per heavy atom. The molecule has 2 heterocycles. The molecule has 0 amide bonds. The lowest BCUT2D eigenvalue weighted by molar-refractivity contribution is -0.141. The Bertz CT molecular complexity index is 524. The molecule has 0 unspecified atom stereocenters. The second-order valence-corrected chi connectivity index (χ2v) is 6.13. The molecule has 2 bridgehead atoms. The Hall–Kier alpha value is -1.62. The summed E-state index contributed by atoms with van der Waals surface area (Å²) in [4.78, 5) is 24.8. The molecule has 0 fully saturated rings. The molecule has 0 spiro atoms. The number of hydrogen-bond donors (Lipinski definition) is 0. The van der Waals surface area contributed by atoms with Crippen molar-refractivity contribution in [2.75, 3.05) is 13.2 Å². The third kappa shape index (κ3) is 2.82. The maximum absolute atomic E-state index is 12.4. The summed E-state index contributed by atoms with van der Waals surface area (Å²) in [6.07, 6.45) is 5.69. The van der Waals surface area contributed by atoms with Gasteiger partial charge in [-0.05, 0) is 50.7 Å². The van der Waals surface area contributed by atoms with E-state index in [1.807, 2.05) is 0 Å². The molecular formula is C18H24O5. The van der Waals surface area contributed by atoms with Gasteiger partial charge in [-0.2, -0.15) is 0 Å². The van der Waals surface area contributed by atoms with Crippen molar-refractivity contribution in [2.24, 2.45) is 0 Å². The Kier molecular flexibility index (Phi) is 4.85. The van der Waals surface area contributed by atoms with Gasteiger partial charge in [-0.15, -0.1) is 0 Å². The highest BCUT2D eigenvalue weighted by Crippen LogP contribution is 2.48. The van der Waals surface area contributed by atoms with Gasteiger partial charge in [-0.25, -0.2) is 9.59 Å². The van der Waals surface area contributed by atoms with Gasteiger partial charge in [0.15, 0.2) is 0 Å². The summed E-state index contributed by atoms with van der Waals surface area (Å²) in [5.74, 6) is -0.895. The van der Waals surface area contributed by atoms with Gasteiger partial charge in [-0.3, -0.25) is 0 Å². The number of carbonyl (C=O) groups is 2. The van der Waals surface area contributed by atoms with Crippen molar-refractivity contribution in [1.29, 1.82) is 0 Å². The monoisotopic (exact) mass is 320 g/mol. The van der Waals surface area contributed by atoms with Crippen LogP contribution in [0.25, 0.3) is 0 Å². The van der Waals surface area contributed by atoms with E-state index in [0.29, 0.717) is 11.1 Å². The van der Waals surface area contributed by atoms with Crippen molar-refractivity contribution in [2.45, 2.75) is 64.6 Å². The molecular weight excluding hydrogens is 296 g/mol. The molecule has 2 aliphatic heterocycles. The van der Waals surface area contributed by atoms with Crippen molar-refractivity contribution >= 4 is 11.9 Å². The SMILES string of the molecule is CCOC(=O)C1=C(C(=O)OCC)[C@H]2O[C@@H]1C1=C2CCCCCC1. The van der Waals surface area contributed by atoms with E-state index in [2.05, 4.69) is 0 Å². The zero-order valence-corrected chi connectivity index (χ0v) is 13.9. The molecule has 0 radical (unpaired) electrons. The lowest BCUT2D eigenvalue weighted by Gasteiger charge is -2.22.